The van der Waals surface area contributed by atoms with Gasteiger partial charge in [-0.25, -0.2) is 0 Å². The van der Waals surface area contributed by atoms with Gasteiger partial charge < -0.3 is 4.74 Å². The van der Waals surface area contributed by atoms with Crippen molar-refractivity contribution >= 4 is 6.29 Å². The topological polar surface area (TPSA) is 39.2 Å². The largest absolute Gasteiger partial charge is 0.496 e. The van der Waals surface area contributed by atoms with Crippen molar-refractivity contribution in [3.8, 4) is 16.9 Å². The Labute approximate surface area is 93.7 Å². The molecular formula is C13H11NO2. The van der Waals surface area contributed by atoms with E-state index in [1.165, 1.54) is 0 Å². The molecule has 0 N–H and O–H groups in total. The molecule has 1 heterocycles. The molecule has 0 atom stereocenters. The minimum absolute atomic E-state index is 0.659. The quantitative estimate of drug-likeness (QED) is 0.735. The van der Waals surface area contributed by atoms with Gasteiger partial charge >= 0.3 is 0 Å². The zero-order chi connectivity index (χ0) is 11.4. The first-order chi connectivity index (χ1) is 7.85. The number of ether oxygens (including phenoxy) is 1. The lowest BCUT2D eigenvalue weighted by Gasteiger charge is -2.07. The van der Waals surface area contributed by atoms with Gasteiger partial charge in [0.1, 0.15) is 12.0 Å². The fourth-order valence-corrected chi connectivity index (χ4v) is 1.52. The fourth-order valence-electron chi connectivity index (χ4n) is 1.52. The van der Waals surface area contributed by atoms with Crippen LogP contribution < -0.4 is 4.74 Å². The van der Waals surface area contributed by atoms with E-state index < -0.39 is 0 Å². The Hall–Kier alpha value is -2.16. The van der Waals surface area contributed by atoms with Crippen LogP contribution in [0.15, 0.2) is 42.7 Å². The number of carbonyl (C=O) groups excluding carboxylic acids is 1. The summed E-state index contributed by atoms with van der Waals surface area (Å²) in [7, 11) is 1.62. The number of nitrogens with zero attached hydrogens (tertiary/aromatic N) is 1. The molecule has 0 amide bonds. The lowest BCUT2D eigenvalue weighted by molar-refractivity contribution is 0.112. The van der Waals surface area contributed by atoms with Crippen LogP contribution >= 0.6 is 0 Å². The minimum Gasteiger partial charge on any atom is -0.496 e. The molecule has 1 aromatic carbocycles. The second kappa shape index (κ2) is 4.57. The second-order valence-corrected chi connectivity index (χ2v) is 3.32. The van der Waals surface area contributed by atoms with Crippen LogP contribution in [0.25, 0.3) is 11.1 Å². The Morgan fingerprint density at radius 1 is 1.19 bits per heavy atom. The normalized spacial score (nSPS) is 9.81. The summed E-state index contributed by atoms with van der Waals surface area (Å²) in [4.78, 5) is 14.6. The van der Waals surface area contributed by atoms with Crippen LogP contribution in [-0.4, -0.2) is 18.4 Å². The van der Waals surface area contributed by atoms with E-state index in [2.05, 4.69) is 4.98 Å². The average Bonchev–Trinajstić information content (AvgIpc) is 2.39. The Kier molecular flexibility index (Phi) is 2.96. The molecule has 0 spiro atoms. The molecule has 0 aliphatic heterocycles. The minimum atomic E-state index is 0.659. The van der Waals surface area contributed by atoms with Crippen molar-refractivity contribution in [3.05, 3.63) is 48.3 Å². The molecule has 2 aromatic rings. The molecule has 0 unspecified atom stereocenters. The third-order valence-corrected chi connectivity index (χ3v) is 2.36. The number of aldehydes is 1. The summed E-state index contributed by atoms with van der Waals surface area (Å²) >= 11 is 0. The number of rotatable bonds is 3. The second-order valence-electron chi connectivity index (χ2n) is 3.32. The first kappa shape index (κ1) is 10.4. The molecule has 0 bridgehead atoms. The van der Waals surface area contributed by atoms with E-state index in [1.807, 2.05) is 18.2 Å². The number of methoxy groups -OCH3 is 1. The monoisotopic (exact) mass is 213 g/mol. The van der Waals surface area contributed by atoms with Crippen molar-refractivity contribution in [1.82, 2.24) is 4.98 Å². The van der Waals surface area contributed by atoms with Crippen LogP contribution in [0.1, 0.15) is 10.4 Å². The van der Waals surface area contributed by atoms with E-state index in [0.717, 1.165) is 23.2 Å². The molecular weight excluding hydrogens is 202 g/mol. The molecule has 2 rings (SSSR count). The lowest BCUT2D eigenvalue weighted by Crippen LogP contribution is -1.89. The molecule has 80 valence electrons. The van der Waals surface area contributed by atoms with E-state index in [1.54, 1.807) is 31.6 Å². The molecule has 0 saturated carbocycles. The van der Waals surface area contributed by atoms with E-state index in [4.69, 9.17) is 4.74 Å². The molecule has 0 aliphatic carbocycles. The zero-order valence-corrected chi connectivity index (χ0v) is 8.88. The van der Waals surface area contributed by atoms with Crippen LogP contribution in [0.5, 0.6) is 5.75 Å². The maximum atomic E-state index is 10.5. The van der Waals surface area contributed by atoms with Gasteiger partial charge in [0, 0.05) is 23.5 Å². The van der Waals surface area contributed by atoms with Gasteiger partial charge in [-0.2, -0.15) is 0 Å². The molecule has 1 aromatic heterocycles. The highest BCUT2D eigenvalue weighted by Crippen LogP contribution is 2.28. The van der Waals surface area contributed by atoms with E-state index >= 15 is 0 Å². The van der Waals surface area contributed by atoms with Crippen LogP contribution in [0.2, 0.25) is 0 Å². The summed E-state index contributed by atoms with van der Waals surface area (Å²) in [5.41, 5.74) is 2.56. The van der Waals surface area contributed by atoms with Gasteiger partial charge in [-0.05, 0) is 11.6 Å². The molecule has 16 heavy (non-hydrogen) atoms. The molecule has 0 saturated heterocycles. The third-order valence-electron chi connectivity index (χ3n) is 2.36. The van der Waals surface area contributed by atoms with Crippen molar-refractivity contribution in [2.75, 3.05) is 7.11 Å². The number of aromatic nitrogens is 1. The van der Waals surface area contributed by atoms with Crippen molar-refractivity contribution in [1.29, 1.82) is 0 Å². The highest BCUT2D eigenvalue weighted by atomic mass is 16.5. The van der Waals surface area contributed by atoms with Gasteiger partial charge in [-0.15, -0.1) is 0 Å². The Morgan fingerprint density at radius 3 is 2.56 bits per heavy atom. The number of hydrogen-bond donors (Lipinski definition) is 0. The fraction of sp³-hybridized carbons (Fsp3) is 0.0769. The number of hydrogen-bond acceptors (Lipinski definition) is 3. The Bertz CT molecular complexity index is 492. The van der Waals surface area contributed by atoms with Crippen LogP contribution in [0, 0.1) is 0 Å². The summed E-state index contributed by atoms with van der Waals surface area (Å²) in [6.07, 6.45) is 4.25. The predicted octanol–water partition coefficient (Wildman–Crippen LogP) is 2.57. The van der Waals surface area contributed by atoms with Crippen LogP contribution in [0.3, 0.4) is 0 Å². The predicted molar refractivity (Wildman–Crippen MR) is 61.6 cm³/mol. The van der Waals surface area contributed by atoms with Gasteiger partial charge in [0.05, 0.1) is 7.11 Å². The van der Waals surface area contributed by atoms with E-state index in [9.17, 15) is 4.79 Å². The van der Waals surface area contributed by atoms with E-state index in [0.29, 0.717) is 5.56 Å². The summed E-state index contributed by atoms with van der Waals surface area (Å²) < 4.78 is 5.25. The van der Waals surface area contributed by atoms with Crippen LogP contribution in [0.4, 0.5) is 0 Å². The summed E-state index contributed by atoms with van der Waals surface area (Å²) in [5.74, 6) is 0.772. The van der Waals surface area contributed by atoms with Crippen molar-refractivity contribution < 1.29 is 9.53 Å². The van der Waals surface area contributed by atoms with Gasteiger partial charge in [0.25, 0.3) is 0 Å². The zero-order valence-electron chi connectivity index (χ0n) is 8.88. The number of carbonyl (C=O) groups is 1. The highest BCUT2D eigenvalue weighted by Gasteiger charge is 2.04. The van der Waals surface area contributed by atoms with Crippen molar-refractivity contribution in [2.24, 2.45) is 0 Å². The van der Waals surface area contributed by atoms with Crippen molar-refractivity contribution in [3.63, 3.8) is 0 Å². The Balaban J connectivity index is 2.45. The smallest absolute Gasteiger partial charge is 0.150 e. The summed E-state index contributed by atoms with van der Waals surface area (Å²) in [6.45, 7) is 0. The van der Waals surface area contributed by atoms with Crippen LogP contribution in [-0.2, 0) is 0 Å². The van der Waals surface area contributed by atoms with Gasteiger partial charge in [-0.3, -0.25) is 9.78 Å². The van der Waals surface area contributed by atoms with Gasteiger partial charge in [0.2, 0.25) is 0 Å². The molecule has 3 heteroatoms. The van der Waals surface area contributed by atoms with Gasteiger partial charge in [-0.1, -0.05) is 24.3 Å². The molecule has 0 aliphatic rings. The number of benzene rings is 1. The van der Waals surface area contributed by atoms with E-state index in [-0.39, 0.29) is 0 Å². The standard InChI is InChI=1S/C13H11NO2/c1-16-13-6-7-14-8-12(13)11-4-2-10(9-15)3-5-11/h2-9H,1H3. The molecule has 0 fully saturated rings. The molecule has 0 radical (unpaired) electrons. The van der Waals surface area contributed by atoms with Crippen molar-refractivity contribution in [2.45, 2.75) is 0 Å². The average molecular weight is 213 g/mol. The first-order valence-corrected chi connectivity index (χ1v) is 4.89. The molecule has 3 nitrogen and oxygen atoms in total. The maximum Gasteiger partial charge on any atom is 0.150 e. The first-order valence-electron chi connectivity index (χ1n) is 4.89. The SMILES string of the molecule is COc1ccncc1-c1ccc(C=O)cc1. The maximum absolute atomic E-state index is 10.5. The Morgan fingerprint density at radius 2 is 1.94 bits per heavy atom. The highest BCUT2D eigenvalue weighted by molar-refractivity contribution is 5.77. The third kappa shape index (κ3) is 1.93. The van der Waals surface area contributed by atoms with Gasteiger partial charge in [0.15, 0.2) is 0 Å². The lowest BCUT2D eigenvalue weighted by atomic mass is 10.1. The summed E-state index contributed by atoms with van der Waals surface area (Å²) in [6, 6.07) is 9.11. The number of pyridine rings is 1. The summed E-state index contributed by atoms with van der Waals surface area (Å²) in [5, 5.41) is 0.